The Bertz CT molecular complexity index is 211. The van der Waals surface area contributed by atoms with Gasteiger partial charge in [-0.3, -0.25) is 0 Å². The second-order valence-electron chi connectivity index (χ2n) is 5.04. The Balaban J connectivity index is 1.85. The molecule has 0 aromatic rings. The molecule has 2 saturated heterocycles. The van der Waals surface area contributed by atoms with Gasteiger partial charge in [0.25, 0.3) is 0 Å². The van der Waals surface area contributed by atoms with Crippen molar-refractivity contribution in [2.24, 2.45) is 5.73 Å². The standard InChI is InChI=1S/C11H22N2OS/c1-10(3-2-5-14-10)8-13-11(7-12)4-6-15-9-11/h13H,2-9,12H2,1H3. The Morgan fingerprint density at radius 2 is 2.33 bits per heavy atom. The molecule has 15 heavy (non-hydrogen) atoms. The highest BCUT2D eigenvalue weighted by Crippen LogP contribution is 2.29. The Morgan fingerprint density at radius 3 is 2.87 bits per heavy atom. The number of ether oxygens (including phenoxy) is 1. The summed E-state index contributed by atoms with van der Waals surface area (Å²) in [4.78, 5) is 0. The van der Waals surface area contributed by atoms with Crippen LogP contribution < -0.4 is 11.1 Å². The van der Waals surface area contributed by atoms with Crippen LogP contribution in [0.4, 0.5) is 0 Å². The molecule has 2 rings (SSSR count). The van der Waals surface area contributed by atoms with Crippen LogP contribution in [-0.2, 0) is 4.74 Å². The Labute approximate surface area is 96.5 Å². The van der Waals surface area contributed by atoms with Crippen molar-refractivity contribution >= 4 is 11.8 Å². The van der Waals surface area contributed by atoms with Crippen molar-refractivity contribution in [1.29, 1.82) is 0 Å². The molecular weight excluding hydrogens is 208 g/mol. The average Bonchev–Trinajstić information content (AvgIpc) is 2.86. The maximum Gasteiger partial charge on any atom is 0.0779 e. The van der Waals surface area contributed by atoms with Crippen LogP contribution in [0.1, 0.15) is 26.2 Å². The van der Waals surface area contributed by atoms with E-state index in [-0.39, 0.29) is 11.1 Å². The van der Waals surface area contributed by atoms with Gasteiger partial charge in [0.2, 0.25) is 0 Å². The van der Waals surface area contributed by atoms with Crippen LogP contribution in [0, 0.1) is 0 Å². The fourth-order valence-corrected chi connectivity index (χ4v) is 3.76. The van der Waals surface area contributed by atoms with Gasteiger partial charge < -0.3 is 15.8 Å². The monoisotopic (exact) mass is 230 g/mol. The molecule has 0 saturated carbocycles. The minimum atomic E-state index is 0.0510. The van der Waals surface area contributed by atoms with E-state index in [1.807, 2.05) is 11.8 Å². The van der Waals surface area contributed by atoms with Gasteiger partial charge >= 0.3 is 0 Å². The topological polar surface area (TPSA) is 47.3 Å². The van der Waals surface area contributed by atoms with Gasteiger partial charge in [-0.15, -0.1) is 0 Å². The lowest BCUT2D eigenvalue weighted by molar-refractivity contribution is 0.0155. The first-order valence-electron chi connectivity index (χ1n) is 5.85. The first kappa shape index (κ1) is 11.7. The summed E-state index contributed by atoms with van der Waals surface area (Å²) in [5.74, 6) is 2.39. The van der Waals surface area contributed by atoms with Crippen LogP contribution in [0.15, 0.2) is 0 Å². The quantitative estimate of drug-likeness (QED) is 0.756. The highest BCUT2D eigenvalue weighted by molar-refractivity contribution is 7.99. The molecule has 88 valence electrons. The molecule has 3 N–H and O–H groups in total. The number of rotatable bonds is 4. The number of nitrogens with two attached hydrogens (primary N) is 1. The first-order chi connectivity index (χ1) is 7.18. The normalized spacial score (nSPS) is 41.2. The van der Waals surface area contributed by atoms with E-state index in [1.165, 1.54) is 25.0 Å². The maximum atomic E-state index is 5.88. The zero-order valence-electron chi connectivity index (χ0n) is 9.55. The average molecular weight is 230 g/mol. The van der Waals surface area contributed by atoms with E-state index in [9.17, 15) is 0 Å². The van der Waals surface area contributed by atoms with Crippen LogP contribution in [0.3, 0.4) is 0 Å². The highest BCUT2D eigenvalue weighted by atomic mass is 32.2. The fraction of sp³-hybridized carbons (Fsp3) is 1.00. The molecule has 2 heterocycles. The van der Waals surface area contributed by atoms with Gasteiger partial charge in [0, 0.05) is 31.0 Å². The summed E-state index contributed by atoms with van der Waals surface area (Å²) in [7, 11) is 0. The van der Waals surface area contributed by atoms with Gasteiger partial charge in [0.1, 0.15) is 0 Å². The molecule has 2 aliphatic rings. The first-order valence-corrected chi connectivity index (χ1v) is 7.00. The number of thioether (sulfide) groups is 1. The van der Waals surface area contributed by atoms with Gasteiger partial charge in [-0.2, -0.15) is 11.8 Å². The predicted octanol–water partition coefficient (Wildman–Crippen LogP) is 0.979. The summed E-state index contributed by atoms with van der Waals surface area (Å²) >= 11 is 2.00. The minimum absolute atomic E-state index is 0.0510. The number of hydrogen-bond donors (Lipinski definition) is 2. The second-order valence-corrected chi connectivity index (χ2v) is 6.15. The molecule has 0 aromatic carbocycles. The Kier molecular flexibility index (Phi) is 3.60. The summed E-state index contributed by atoms with van der Waals surface area (Å²) in [6.07, 6.45) is 3.57. The van der Waals surface area contributed by atoms with Crippen LogP contribution in [0.2, 0.25) is 0 Å². The van der Waals surface area contributed by atoms with Gasteiger partial charge in [-0.25, -0.2) is 0 Å². The molecule has 0 bridgehead atoms. The summed E-state index contributed by atoms with van der Waals surface area (Å²) < 4.78 is 5.78. The van der Waals surface area contributed by atoms with Gasteiger partial charge in [0.05, 0.1) is 5.60 Å². The molecule has 2 unspecified atom stereocenters. The summed E-state index contributed by atoms with van der Waals surface area (Å²) in [5, 5.41) is 3.66. The van der Waals surface area contributed by atoms with Gasteiger partial charge in [-0.1, -0.05) is 0 Å². The third kappa shape index (κ3) is 2.67. The van der Waals surface area contributed by atoms with Crippen LogP contribution in [0.25, 0.3) is 0 Å². The van der Waals surface area contributed by atoms with Crippen molar-refractivity contribution in [3.63, 3.8) is 0 Å². The lowest BCUT2D eigenvalue weighted by Crippen LogP contribution is -2.55. The minimum Gasteiger partial charge on any atom is -0.374 e. The van der Waals surface area contributed by atoms with Crippen LogP contribution >= 0.6 is 11.8 Å². The third-order valence-electron chi connectivity index (χ3n) is 3.63. The number of nitrogens with one attached hydrogen (secondary N) is 1. The molecule has 0 aliphatic carbocycles. The Hall–Kier alpha value is 0.230. The summed E-state index contributed by atoms with van der Waals surface area (Å²) in [6, 6.07) is 0. The van der Waals surface area contributed by atoms with E-state index in [0.717, 1.165) is 25.4 Å². The molecule has 2 atom stereocenters. The van der Waals surface area contributed by atoms with Gasteiger partial charge in [0.15, 0.2) is 0 Å². The molecule has 3 nitrogen and oxygen atoms in total. The summed E-state index contributed by atoms with van der Waals surface area (Å²) in [5.41, 5.74) is 6.11. The molecule has 0 amide bonds. The lowest BCUT2D eigenvalue weighted by atomic mass is 9.96. The van der Waals surface area contributed by atoms with Crippen molar-refractivity contribution in [2.45, 2.75) is 37.3 Å². The molecule has 4 heteroatoms. The van der Waals surface area contributed by atoms with Crippen LogP contribution in [-0.4, -0.2) is 42.3 Å². The zero-order chi connectivity index (χ0) is 10.8. The van der Waals surface area contributed by atoms with Crippen molar-refractivity contribution in [3.05, 3.63) is 0 Å². The zero-order valence-corrected chi connectivity index (χ0v) is 10.4. The third-order valence-corrected chi connectivity index (χ3v) is 4.88. The Morgan fingerprint density at radius 1 is 1.47 bits per heavy atom. The fourth-order valence-electron chi connectivity index (χ4n) is 2.33. The van der Waals surface area contributed by atoms with Gasteiger partial charge in [-0.05, 0) is 31.9 Å². The molecule has 0 radical (unpaired) electrons. The summed E-state index contributed by atoms with van der Waals surface area (Å²) in [6.45, 7) is 4.82. The van der Waals surface area contributed by atoms with Crippen molar-refractivity contribution in [1.82, 2.24) is 5.32 Å². The van der Waals surface area contributed by atoms with E-state index in [0.29, 0.717) is 0 Å². The van der Waals surface area contributed by atoms with Crippen molar-refractivity contribution < 1.29 is 4.74 Å². The molecular formula is C11H22N2OS. The van der Waals surface area contributed by atoms with E-state index >= 15 is 0 Å². The van der Waals surface area contributed by atoms with E-state index in [4.69, 9.17) is 10.5 Å². The lowest BCUT2D eigenvalue weighted by Gasteiger charge is -2.33. The SMILES string of the molecule is CC1(CNC2(CN)CCSC2)CCCO1. The van der Waals surface area contributed by atoms with Crippen molar-refractivity contribution in [3.8, 4) is 0 Å². The van der Waals surface area contributed by atoms with E-state index < -0.39 is 0 Å². The van der Waals surface area contributed by atoms with Crippen molar-refractivity contribution in [2.75, 3.05) is 31.2 Å². The maximum absolute atomic E-state index is 5.88. The molecule has 2 aliphatic heterocycles. The second kappa shape index (κ2) is 4.62. The van der Waals surface area contributed by atoms with E-state index in [2.05, 4.69) is 12.2 Å². The van der Waals surface area contributed by atoms with Crippen LogP contribution in [0.5, 0.6) is 0 Å². The number of hydrogen-bond acceptors (Lipinski definition) is 4. The van der Waals surface area contributed by atoms with E-state index in [1.54, 1.807) is 0 Å². The molecule has 0 aromatic heterocycles. The molecule has 0 spiro atoms. The highest BCUT2D eigenvalue weighted by Gasteiger charge is 2.36. The molecule has 2 fully saturated rings. The largest absolute Gasteiger partial charge is 0.374 e. The predicted molar refractivity (Wildman–Crippen MR) is 65.3 cm³/mol. The smallest absolute Gasteiger partial charge is 0.0779 e.